The van der Waals surface area contributed by atoms with Crippen LogP contribution in [-0.2, 0) is 10.0 Å². The molecule has 2 aromatic rings. The van der Waals surface area contributed by atoms with Crippen molar-refractivity contribution in [2.45, 2.75) is 25.7 Å². The number of aryl methyl sites for hydroxylation is 2. The lowest BCUT2D eigenvalue weighted by molar-refractivity contribution is 0.313. The van der Waals surface area contributed by atoms with Crippen molar-refractivity contribution in [2.24, 2.45) is 0 Å². The molecule has 0 aliphatic heterocycles. The van der Waals surface area contributed by atoms with E-state index in [-0.39, 0.29) is 18.0 Å². The molecule has 142 valence electrons. The fourth-order valence-electron chi connectivity index (χ4n) is 2.38. The highest BCUT2D eigenvalue weighted by molar-refractivity contribution is 7.89. The van der Waals surface area contributed by atoms with Gasteiger partial charge in [0.1, 0.15) is 28.8 Å². The molecule has 0 heterocycles. The minimum Gasteiger partial charge on any atom is -0.495 e. The highest BCUT2D eigenvalue weighted by atomic mass is 32.2. The van der Waals surface area contributed by atoms with E-state index < -0.39 is 10.0 Å². The third kappa shape index (κ3) is 5.12. The number of sulfonamides is 1. The van der Waals surface area contributed by atoms with Crippen LogP contribution in [0.1, 0.15) is 18.1 Å². The van der Waals surface area contributed by atoms with Gasteiger partial charge in [-0.25, -0.2) is 13.1 Å². The van der Waals surface area contributed by atoms with Gasteiger partial charge in [-0.05, 0) is 56.2 Å². The Morgan fingerprint density at radius 3 is 2.31 bits per heavy atom. The predicted octanol–water partition coefficient (Wildman–Crippen LogP) is 3.07. The van der Waals surface area contributed by atoms with E-state index in [1.165, 1.54) is 7.11 Å². The monoisotopic (exact) mass is 379 g/mol. The predicted molar refractivity (Wildman–Crippen MR) is 101 cm³/mol. The lowest BCUT2D eigenvalue weighted by Crippen LogP contribution is -2.28. The number of ether oxygens (including phenoxy) is 3. The first-order valence-corrected chi connectivity index (χ1v) is 9.86. The van der Waals surface area contributed by atoms with E-state index in [0.717, 1.165) is 11.1 Å². The van der Waals surface area contributed by atoms with Crippen LogP contribution in [0.4, 0.5) is 0 Å². The minimum atomic E-state index is -3.69. The zero-order valence-corrected chi connectivity index (χ0v) is 16.4. The molecule has 0 aliphatic rings. The lowest BCUT2D eigenvalue weighted by Gasteiger charge is -2.13. The number of benzene rings is 2. The van der Waals surface area contributed by atoms with Gasteiger partial charge in [0.25, 0.3) is 0 Å². The second-order valence-electron chi connectivity index (χ2n) is 5.74. The van der Waals surface area contributed by atoms with Crippen LogP contribution in [-0.4, -0.2) is 35.3 Å². The quantitative estimate of drug-likeness (QED) is 0.678. The van der Waals surface area contributed by atoms with Gasteiger partial charge in [-0.15, -0.1) is 0 Å². The van der Waals surface area contributed by atoms with Crippen molar-refractivity contribution < 1.29 is 22.6 Å². The molecule has 0 saturated heterocycles. The van der Waals surface area contributed by atoms with Gasteiger partial charge >= 0.3 is 0 Å². The first-order chi connectivity index (χ1) is 12.4. The fourth-order valence-corrected chi connectivity index (χ4v) is 3.62. The maximum absolute atomic E-state index is 12.6. The van der Waals surface area contributed by atoms with Crippen LogP contribution in [0.15, 0.2) is 41.3 Å². The molecule has 6 nitrogen and oxygen atoms in total. The van der Waals surface area contributed by atoms with Gasteiger partial charge < -0.3 is 14.2 Å². The van der Waals surface area contributed by atoms with E-state index in [2.05, 4.69) is 4.72 Å². The molecule has 0 fully saturated rings. The zero-order chi connectivity index (χ0) is 19.2. The maximum atomic E-state index is 12.6. The molecule has 0 aromatic heterocycles. The molecule has 2 rings (SSSR count). The second-order valence-corrected chi connectivity index (χ2v) is 7.48. The van der Waals surface area contributed by atoms with E-state index in [1.807, 2.05) is 32.9 Å². The van der Waals surface area contributed by atoms with Crippen molar-refractivity contribution in [1.29, 1.82) is 0 Å². The van der Waals surface area contributed by atoms with Gasteiger partial charge in [-0.2, -0.15) is 0 Å². The Morgan fingerprint density at radius 2 is 1.65 bits per heavy atom. The van der Waals surface area contributed by atoms with Crippen LogP contribution in [0, 0.1) is 13.8 Å². The SMILES string of the molecule is CCOc1cccc(OCCNS(=O)(=O)c2cc(C)c(C)cc2OC)c1. The van der Waals surface area contributed by atoms with E-state index in [0.29, 0.717) is 23.9 Å². The molecule has 0 atom stereocenters. The van der Waals surface area contributed by atoms with E-state index in [1.54, 1.807) is 24.3 Å². The van der Waals surface area contributed by atoms with Crippen LogP contribution in [0.5, 0.6) is 17.2 Å². The van der Waals surface area contributed by atoms with Gasteiger partial charge in [0.05, 0.1) is 13.7 Å². The third-order valence-corrected chi connectivity index (χ3v) is 5.33. The van der Waals surface area contributed by atoms with Crippen molar-refractivity contribution >= 4 is 10.0 Å². The summed E-state index contributed by atoms with van der Waals surface area (Å²) in [5, 5.41) is 0. The minimum absolute atomic E-state index is 0.126. The summed E-state index contributed by atoms with van der Waals surface area (Å²) in [6.45, 7) is 6.58. The number of nitrogens with one attached hydrogen (secondary N) is 1. The summed E-state index contributed by atoms with van der Waals surface area (Å²) in [6, 6.07) is 10.6. The molecular weight excluding hydrogens is 354 g/mol. The topological polar surface area (TPSA) is 73.9 Å². The molecule has 0 aliphatic carbocycles. The van der Waals surface area contributed by atoms with Crippen LogP contribution >= 0.6 is 0 Å². The Labute approximate surface area is 155 Å². The Hall–Kier alpha value is -2.25. The average molecular weight is 379 g/mol. The van der Waals surface area contributed by atoms with Gasteiger partial charge in [-0.1, -0.05) is 6.07 Å². The van der Waals surface area contributed by atoms with Gasteiger partial charge in [0.2, 0.25) is 10.0 Å². The molecular formula is C19H25NO5S. The molecule has 0 spiro atoms. The molecule has 0 bridgehead atoms. The summed E-state index contributed by atoms with van der Waals surface area (Å²) in [5.41, 5.74) is 1.86. The Morgan fingerprint density at radius 1 is 1.00 bits per heavy atom. The van der Waals surface area contributed by atoms with Crippen molar-refractivity contribution in [3.63, 3.8) is 0 Å². The highest BCUT2D eigenvalue weighted by Gasteiger charge is 2.20. The summed E-state index contributed by atoms with van der Waals surface area (Å²) >= 11 is 0. The highest BCUT2D eigenvalue weighted by Crippen LogP contribution is 2.27. The average Bonchev–Trinajstić information content (AvgIpc) is 2.61. The van der Waals surface area contributed by atoms with Crippen LogP contribution < -0.4 is 18.9 Å². The van der Waals surface area contributed by atoms with Gasteiger partial charge in [-0.3, -0.25) is 0 Å². The first kappa shape index (κ1) is 20.1. The number of hydrogen-bond acceptors (Lipinski definition) is 5. The molecule has 0 radical (unpaired) electrons. The summed E-state index contributed by atoms with van der Waals surface area (Å²) < 4.78 is 43.9. The summed E-state index contributed by atoms with van der Waals surface area (Å²) in [7, 11) is -2.24. The maximum Gasteiger partial charge on any atom is 0.244 e. The molecule has 0 amide bonds. The smallest absolute Gasteiger partial charge is 0.244 e. The molecule has 0 saturated carbocycles. The largest absolute Gasteiger partial charge is 0.495 e. The Bertz CT molecular complexity index is 849. The van der Waals surface area contributed by atoms with Crippen LogP contribution in [0.25, 0.3) is 0 Å². The summed E-state index contributed by atoms with van der Waals surface area (Å²) in [6.07, 6.45) is 0. The molecule has 26 heavy (non-hydrogen) atoms. The Balaban J connectivity index is 1.99. The molecule has 1 N–H and O–H groups in total. The van der Waals surface area contributed by atoms with Gasteiger partial charge in [0.15, 0.2) is 0 Å². The van der Waals surface area contributed by atoms with Crippen molar-refractivity contribution in [3.05, 3.63) is 47.5 Å². The third-order valence-electron chi connectivity index (χ3n) is 3.85. The van der Waals surface area contributed by atoms with Crippen molar-refractivity contribution in [2.75, 3.05) is 26.9 Å². The summed E-state index contributed by atoms with van der Waals surface area (Å²) in [5.74, 6) is 1.66. The van der Waals surface area contributed by atoms with Crippen LogP contribution in [0.2, 0.25) is 0 Å². The fraction of sp³-hybridized carbons (Fsp3) is 0.368. The second kappa shape index (κ2) is 8.91. The standard InChI is InChI=1S/C19H25NO5S/c1-5-24-16-7-6-8-17(13-16)25-10-9-20-26(21,22)19-12-15(3)14(2)11-18(19)23-4/h6-8,11-13,20H,5,9-10H2,1-4H3. The van der Waals surface area contributed by atoms with Gasteiger partial charge in [0, 0.05) is 12.6 Å². The van der Waals surface area contributed by atoms with E-state index in [9.17, 15) is 8.42 Å². The zero-order valence-electron chi connectivity index (χ0n) is 15.5. The number of methoxy groups -OCH3 is 1. The summed E-state index contributed by atoms with van der Waals surface area (Å²) in [4.78, 5) is 0.126. The van der Waals surface area contributed by atoms with E-state index in [4.69, 9.17) is 14.2 Å². The van der Waals surface area contributed by atoms with Crippen molar-refractivity contribution in [3.8, 4) is 17.2 Å². The number of hydrogen-bond donors (Lipinski definition) is 1. The molecule has 0 unspecified atom stereocenters. The molecule has 7 heteroatoms. The molecule has 2 aromatic carbocycles. The first-order valence-electron chi connectivity index (χ1n) is 8.38. The normalized spacial score (nSPS) is 11.2. The van der Waals surface area contributed by atoms with E-state index >= 15 is 0 Å². The number of rotatable bonds is 9. The van der Waals surface area contributed by atoms with Crippen LogP contribution in [0.3, 0.4) is 0 Å². The lowest BCUT2D eigenvalue weighted by atomic mass is 10.1. The van der Waals surface area contributed by atoms with Crippen molar-refractivity contribution in [1.82, 2.24) is 4.72 Å². The Kier molecular flexibility index (Phi) is 6.88.